The average molecular weight is 270 g/mol. The summed E-state index contributed by atoms with van der Waals surface area (Å²) < 4.78 is 6.20. The fourth-order valence-electron chi connectivity index (χ4n) is 1.44. The van der Waals surface area contributed by atoms with E-state index in [0.717, 1.165) is 15.6 Å². The fraction of sp³-hybridized carbons (Fsp3) is 0.385. The van der Waals surface area contributed by atoms with Gasteiger partial charge in [-0.3, -0.25) is 0 Å². The third-order valence-corrected chi connectivity index (χ3v) is 4.52. The molecule has 0 aliphatic carbocycles. The Morgan fingerprint density at radius 1 is 1.24 bits per heavy atom. The molecule has 0 amide bonds. The lowest BCUT2D eigenvalue weighted by Crippen LogP contribution is -2.18. The molecule has 0 aromatic heterocycles. The molecular formula is C13H18O2S2. The minimum Gasteiger partial charge on any atom is -0.497 e. The maximum absolute atomic E-state index is 10.4. The first-order chi connectivity index (χ1) is 8.03. The zero-order valence-corrected chi connectivity index (χ0v) is 12.2. The van der Waals surface area contributed by atoms with Crippen molar-refractivity contribution in [1.82, 2.24) is 0 Å². The lowest BCUT2D eigenvalue weighted by molar-refractivity contribution is 0.111. The second-order valence-corrected chi connectivity index (χ2v) is 5.70. The summed E-state index contributed by atoms with van der Waals surface area (Å²) in [5.41, 5.74) is -0.0907. The molecule has 0 aliphatic heterocycles. The van der Waals surface area contributed by atoms with Crippen molar-refractivity contribution >= 4 is 23.5 Å². The topological polar surface area (TPSA) is 29.5 Å². The van der Waals surface area contributed by atoms with Crippen LogP contribution in [0.4, 0.5) is 0 Å². The molecule has 0 fully saturated rings. The maximum atomic E-state index is 10.4. The van der Waals surface area contributed by atoms with Gasteiger partial charge in [0.05, 0.1) is 7.11 Å². The first-order valence-corrected chi connectivity index (χ1v) is 7.66. The van der Waals surface area contributed by atoms with Crippen LogP contribution < -0.4 is 4.74 Å². The number of methoxy groups -OCH3 is 1. The molecule has 0 spiro atoms. The number of thioether (sulfide) groups is 2. The summed E-state index contributed by atoms with van der Waals surface area (Å²) in [5, 5.41) is 10.4. The van der Waals surface area contributed by atoms with Crippen LogP contribution in [0.3, 0.4) is 0 Å². The third-order valence-electron chi connectivity index (χ3n) is 2.48. The van der Waals surface area contributed by atoms with Crippen molar-refractivity contribution in [3.05, 3.63) is 40.1 Å². The molecule has 0 saturated carbocycles. The fourth-order valence-corrected chi connectivity index (χ4v) is 2.80. The highest BCUT2D eigenvalue weighted by atomic mass is 32.2. The number of hydrogen-bond acceptors (Lipinski definition) is 4. The van der Waals surface area contributed by atoms with Gasteiger partial charge in [-0.05, 0) is 43.2 Å². The minimum atomic E-state index is -0.951. The second kappa shape index (κ2) is 6.38. The highest BCUT2D eigenvalue weighted by molar-refractivity contribution is 8.21. The van der Waals surface area contributed by atoms with Gasteiger partial charge in [-0.25, -0.2) is 0 Å². The summed E-state index contributed by atoms with van der Waals surface area (Å²) in [6.07, 6.45) is 5.89. The number of hydrogen-bond donors (Lipinski definition) is 1. The molecule has 94 valence electrons. The molecule has 0 radical (unpaired) electrons. The monoisotopic (exact) mass is 270 g/mol. The lowest BCUT2D eigenvalue weighted by atomic mass is 9.96. The van der Waals surface area contributed by atoms with Gasteiger partial charge in [0.15, 0.2) is 0 Å². The van der Waals surface area contributed by atoms with E-state index in [1.165, 1.54) is 0 Å². The summed E-state index contributed by atoms with van der Waals surface area (Å²) in [6.45, 7) is 1.79. The van der Waals surface area contributed by atoms with Gasteiger partial charge in [0.1, 0.15) is 11.4 Å². The predicted molar refractivity (Wildman–Crippen MR) is 77.7 cm³/mol. The Hall–Kier alpha value is -0.580. The quantitative estimate of drug-likeness (QED) is 0.887. The normalized spacial score (nSPS) is 13.9. The minimum absolute atomic E-state index is 0.795. The van der Waals surface area contributed by atoms with Crippen LogP contribution in [0.1, 0.15) is 12.5 Å². The third kappa shape index (κ3) is 3.98. The molecule has 4 heteroatoms. The molecule has 0 aliphatic rings. The first kappa shape index (κ1) is 14.5. The second-order valence-electron chi connectivity index (χ2n) is 3.75. The SMILES string of the molecule is COc1ccc(C(C)(O)C=C(SC)SC)cc1. The van der Waals surface area contributed by atoms with Crippen molar-refractivity contribution in [2.75, 3.05) is 19.6 Å². The van der Waals surface area contributed by atoms with E-state index in [1.54, 1.807) is 37.6 Å². The summed E-state index contributed by atoms with van der Waals surface area (Å²) in [4.78, 5) is 0. The van der Waals surface area contributed by atoms with Crippen LogP contribution in [0.15, 0.2) is 34.6 Å². The molecule has 0 bridgehead atoms. The molecule has 1 rings (SSSR count). The van der Waals surface area contributed by atoms with Crippen LogP contribution in [0.5, 0.6) is 5.75 Å². The zero-order valence-electron chi connectivity index (χ0n) is 10.6. The van der Waals surface area contributed by atoms with Crippen molar-refractivity contribution in [3.63, 3.8) is 0 Å². The van der Waals surface area contributed by atoms with Gasteiger partial charge >= 0.3 is 0 Å². The smallest absolute Gasteiger partial charge is 0.118 e. The van der Waals surface area contributed by atoms with Crippen LogP contribution in [-0.2, 0) is 5.60 Å². The van der Waals surface area contributed by atoms with E-state index in [2.05, 4.69) is 0 Å². The molecular weight excluding hydrogens is 252 g/mol. The molecule has 17 heavy (non-hydrogen) atoms. The summed E-state index contributed by atoms with van der Waals surface area (Å²) >= 11 is 3.28. The Morgan fingerprint density at radius 2 is 1.76 bits per heavy atom. The molecule has 1 unspecified atom stereocenters. The largest absolute Gasteiger partial charge is 0.497 e. The lowest BCUT2D eigenvalue weighted by Gasteiger charge is -2.21. The summed E-state index contributed by atoms with van der Waals surface area (Å²) in [5.74, 6) is 0.795. The Bertz CT molecular complexity index is 377. The van der Waals surface area contributed by atoms with Crippen LogP contribution in [-0.4, -0.2) is 24.7 Å². The molecule has 1 N–H and O–H groups in total. The predicted octanol–water partition coefficient (Wildman–Crippen LogP) is 3.47. The van der Waals surface area contributed by atoms with Crippen molar-refractivity contribution in [1.29, 1.82) is 0 Å². The summed E-state index contributed by atoms with van der Waals surface area (Å²) in [7, 11) is 1.63. The van der Waals surface area contributed by atoms with Crippen molar-refractivity contribution in [3.8, 4) is 5.75 Å². The Labute approximate surface area is 111 Å². The zero-order chi connectivity index (χ0) is 12.9. The van der Waals surface area contributed by atoms with Gasteiger partial charge in [0.25, 0.3) is 0 Å². The van der Waals surface area contributed by atoms with Gasteiger partial charge in [0.2, 0.25) is 0 Å². The van der Waals surface area contributed by atoms with E-state index in [0.29, 0.717) is 0 Å². The standard InChI is InChI=1S/C13H18O2S2/c1-13(14,9-12(16-3)17-4)10-5-7-11(15-2)8-6-10/h5-9,14H,1-4H3. The van der Waals surface area contributed by atoms with Crippen LogP contribution in [0.2, 0.25) is 0 Å². The van der Waals surface area contributed by atoms with Crippen molar-refractivity contribution < 1.29 is 9.84 Å². The van der Waals surface area contributed by atoms with Crippen LogP contribution in [0, 0.1) is 0 Å². The molecule has 1 aromatic rings. The van der Waals surface area contributed by atoms with Gasteiger partial charge in [-0.2, -0.15) is 0 Å². The molecule has 0 heterocycles. The van der Waals surface area contributed by atoms with Crippen LogP contribution >= 0.6 is 23.5 Å². The Morgan fingerprint density at radius 3 is 2.18 bits per heavy atom. The van der Waals surface area contributed by atoms with E-state index < -0.39 is 5.60 Å². The van der Waals surface area contributed by atoms with E-state index in [-0.39, 0.29) is 0 Å². The van der Waals surface area contributed by atoms with Crippen molar-refractivity contribution in [2.45, 2.75) is 12.5 Å². The van der Waals surface area contributed by atoms with E-state index >= 15 is 0 Å². The number of benzene rings is 1. The van der Waals surface area contributed by atoms with Crippen LogP contribution in [0.25, 0.3) is 0 Å². The molecule has 0 saturated heterocycles. The first-order valence-electron chi connectivity index (χ1n) is 5.21. The summed E-state index contributed by atoms with van der Waals surface area (Å²) in [6, 6.07) is 7.48. The Balaban J connectivity index is 2.99. The van der Waals surface area contributed by atoms with Gasteiger partial charge < -0.3 is 9.84 Å². The van der Waals surface area contributed by atoms with Gasteiger partial charge in [0, 0.05) is 4.24 Å². The van der Waals surface area contributed by atoms with E-state index in [1.807, 2.05) is 42.9 Å². The number of rotatable bonds is 5. The number of ether oxygens (including phenoxy) is 1. The highest BCUT2D eigenvalue weighted by Gasteiger charge is 2.20. The van der Waals surface area contributed by atoms with E-state index in [9.17, 15) is 5.11 Å². The maximum Gasteiger partial charge on any atom is 0.118 e. The van der Waals surface area contributed by atoms with E-state index in [4.69, 9.17) is 4.74 Å². The van der Waals surface area contributed by atoms with Gasteiger partial charge in [-0.1, -0.05) is 12.1 Å². The highest BCUT2D eigenvalue weighted by Crippen LogP contribution is 2.31. The molecule has 1 atom stereocenters. The van der Waals surface area contributed by atoms with Gasteiger partial charge in [-0.15, -0.1) is 23.5 Å². The molecule has 1 aromatic carbocycles. The van der Waals surface area contributed by atoms with Crippen molar-refractivity contribution in [2.24, 2.45) is 0 Å². The number of aliphatic hydroxyl groups is 1. The Kier molecular flexibility index (Phi) is 5.43. The average Bonchev–Trinajstić information content (AvgIpc) is 2.36. The molecule has 2 nitrogen and oxygen atoms in total.